The van der Waals surface area contributed by atoms with E-state index >= 15 is 0 Å². The highest BCUT2D eigenvalue weighted by atomic mass is 16.6. The Morgan fingerprint density at radius 3 is 2.60 bits per heavy atom. The fourth-order valence-corrected chi connectivity index (χ4v) is 8.99. The van der Waals surface area contributed by atoms with Crippen molar-refractivity contribution in [2.24, 2.45) is 39.7 Å². The summed E-state index contributed by atoms with van der Waals surface area (Å²) in [6.07, 6.45) is 8.50. The maximum atomic E-state index is 12.5. The first-order valence-electron chi connectivity index (χ1n) is 15.2. The number of Topliss-reactive ketones (excluding diaryl/α,β-unsaturated/α-hetero) is 1. The lowest BCUT2D eigenvalue weighted by Gasteiger charge is -2.58. The summed E-state index contributed by atoms with van der Waals surface area (Å²) in [6, 6.07) is 3.23. The molecule has 3 saturated carbocycles. The molecule has 5 rings (SSSR count). The molecule has 11 nitrogen and oxygen atoms in total. The molecule has 0 saturated heterocycles. The number of nitro groups is 1. The predicted octanol–water partition coefficient (Wildman–Crippen LogP) is 4.74. The molecular weight excluding hydrogens is 554 g/mol. The number of benzene rings is 1. The number of aliphatic carboxylic acids is 1. The summed E-state index contributed by atoms with van der Waals surface area (Å²) >= 11 is 0. The van der Waals surface area contributed by atoms with Gasteiger partial charge in [-0.1, -0.05) is 36.7 Å². The number of carbonyl (C=O) groups is 3. The van der Waals surface area contributed by atoms with Crippen molar-refractivity contribution >= 4 is 29.1 Å². The van der Waals surface area contributed by atoms with Crippen LogP contribution in [0.15, 0.2) is 41.1 Å². The molecule has 0 heterocycles. The molecule has 43 heavy (non-hydrogen) atoms. The van der Waals surface area contributed by atoms with Gasteiger partial charge in [0.1, 0.15) is 11.9 Å². The van der Waals surface area contributed by atoms with Gasteiger partial charge in [0.15, 0.2) is 12.6 Å². The number of fused-ring (bicyclic) bond motifs is 5. The van der Waals surface area contributed by atoms with Gasteiger partial charge in [-0.25, -0.2) is 4.79 Å². The zero-order valence-corrected chi connectivity index (χ0v) is 25.0. The van der Waals surface area contributed by atoms with Crippen LogP contribution in [0.5, 0.6) is 0 Å². The average molecular weight is 596 g/mol. The summed E-state index contributed by atoms with van der Waals surface area (Å²) in [5.41, 5.74) is 1.98. The summed E-state index contributed by atoms with van der Waals surface area (Å²) < 4.78 is 0. The van der Waals surface area contributed by atoms with Crippen LogP contribution in [0.1, 0.15) is 83.8 Å². The molecule has 1 aromatic carbocycles. The molecule has 0 bridgehead atoms. The minimum absolute atomic E-state index is 0.0103. The monoisotopic (exact) mass is 595 g/mol. The molecule has 3 N–H and O–H groups in total. The Labute approximate surface area is 250 Å². The third-order valence-corrected chi connectivity index (χ3v) is 11.2. The molecule has 4 aliphatic rings. The van der Waals surface area contributed by atoms with Crippen molar-refractivity contribution in [3.63, 3.8) is 0 Å². The van der Waals surface area contributed by atoms with Crippen LogP contribution in [0, 0.1) is 44.6 Å². The molecule has 0 spiro atoms. The molecular formula is C32H41N3O8. The number of nitrogens with one attached hydrogen (secondary N) is 1. The molecule has 0 radical (unpaired) electrons. The number of nitro benzene ring substituents is 1. The number of allylic oxidation sites excluding steroid dienone is 2. The fraction of sp³-hybridized carbons (Fsp3) is 0.625. The summed E-state index contributed by atoms with van der Waals surface area (Å²) in [7, 11) is 0. The Hall–Kier alpha value is -3.60. The smallest absolute Gasteiger partial charge is 0.329 e. The Morgan fingerprint density at radius 1 is 1.14 bits per heavy atom. The number of hydrogen-bond donors (Lipinski definition) is 3. The number of non-ortho nitro benzene ring substituents is 1. The van der Waals surface area contributed by atoms with Gasteiger partial charge in [-0.15, -0.1) is 0 Å². The van der Waals surface area contributed by atoms with Crippen LogP contribution in [0.25, 0.3) is 0 Å². The van der Waals surface area contributed by atoms with E-state index in [0.717, 1.165) is 56.7 Å². The second-order valence-electron chi connectivity index (χ2n) is 13.3. The molecule has 3 fully saturated rings. The summed E-state index contributed by atoms with van der Waals surface area (Å²) in [5, 5.41) is 37.6. The van der Waals surface area contributed by atoms with Crippen molar-refractivity contribution in [1.82, 2.24) is 5.32 Å². The van der Waals surface area contributed by atoms with Crippen molar-refractivity contribution in [3.8, 4) is 0 Å². The minimum Gasteiger partial charge on any atom is -0.480 e. The van der Waals surface area contributed by atoms with Gasteiger partial charge < -0.3 is 20.4 Å². The topological polar surface area (TPSA) is 168 Å². The Kier molecular flexibility index (Phi) is 8.48. The SMILES string of the molecule is CC(=O)[C@@H]1CC[C@@H]2[C@@H]3CCC4=CC(=NOCC(=O)N[C@H](C(=O)O)[C@@H](O)c5cccc([N+](=O)[O-])c5)CC[C@]4(C)[C@@H]3CC[C@@]21C. The number of carboxylic acid groups (broad SMARTS) is 1. The summed E-state index contributed by atoms with van der Waals surface area (Å²) in [6.45, 7) is 5.94. The first-order valence-corrected chi connectivity index (χ1v) is 15.2. The number of oxime groups is 1. The zero-order chi connectivity index (χ0) is 31.1. The van der Waals surface area contributed by atoms with Crippen LogP contribution in [0.3, 0.4) is 0 Å². The van der Waals surface area contributed by atoms with E-state index in [4.69, 9.17) is 4.84 Å². The second-order valence-corrected chi connectivity index (χ2v) is 13.3. The molecule has 0 aromatic heterocycles. The number of carbonyl (C=O) groups excluding carboxylic acids is 2. The van der Waals surface area contributed by atoms with Crippen molar-refractivity contribution in [3.05, 3.63) is 51.6 Å². The third kappa shape index (κ3) is 5.71. The van der Waals surface area contributed by atoms with Gasteiger partial charge in [-0.2, -0.15) is 0 Å². The van der Waals surface area contributed by atoms with Crippen LogP contribution < -0.4 is 5.32 Å². The van der Waals surface area contributed by atoms with Gasteiger partial charge in [0, 0.05) is 18.1 Å². The van der Waals surface area contributed by atoms with E-state index in [1.54, 1.807) is 6.92 Å². The van der Waals surface area contributed by atoms with E-state index in [2.05, 4.69) is 30.4 Å². The van der Waals surface area contributed by atoms with Gasteiger partial charge >= 0.3 is 5.97 Å². The average Bonchev–Trinajstić information content (AvgIpc) is 3.33. The third-order valence-electron chi connectivity index (χ3n) is 11.2. The normalized spacial score (nSPS) is 33.7. The highest BCUT2D eigenvalue weighted by molar-refractivity contribution is 5.96. The number of amides is 1. The number of aliphatic hydroxyl groups is 1. The lowest BCUT2D eigenvalue weighted by molar-refractivity contribution is -0.385. The lowest BCUT2D eigenvalue weighted by atomic mass is 9.46. The van der Waals surface area contributed by atoms with Crippen LogP contribution in [-0.2, 0) is 19.2 Å². The maximum absolute atomic E-state index is 12.5. The quantitative estimate of drug-likeness (QED) is 0.272. The van der Waals surface area contributed by atoms with E-state index < -0.39 is 35.6 Å². The van der Waals surface area contributed by atoms with Gasteiger partial charge in [0.25, 0.3) is 11.6 Å². The highest BCUT2D eigenvalue weighted by Crippen LogP contribution is 2.66. The molecule has 4 aliphatic carbocycles. The van der Waals surface area contributed by atoms with Crippen LogP contribution in [-0.4, -0.2) is 51.2 Å². The number of carboxylic acids is 1. The second kappa shape index (κ2) is 11.8. The zero-order valence-electron chi connectivity index (χ0n) is 25.0. The summed E-state index contributed by atoms with van der Waals surface area (Å²) in [5.74, 6) is 0.0504. The molecule has 0 unspecified atom stereocenters. The Balaban J connectivity index is 1.20. The maximum Gasteiger partial charge on any atom is 0.329 e. The number of hydrogen-bond acceptors (Lipinski definition) is 8. The Morgan fingerprint density at radius 2 is 1.91 bits per heavy atom. The first kappa shape index (κ1) is 30.8. The van der Waals surface area contributed by atoms with Crippen molar-refractivity contribution in [2.45, 2.75) is 84.3 Å². The Bertz CT molecular complexity index is 1370. The van der Waals surface area contributed by atoms with E-state index in [0.29, 0.717) is 30.0 Å². The first-order chi connectivity index (χ1) is 20.3. The van der Waals surface area contributed by atoms with Crippen LogP contribution in [0.4, 0.5) is 5.69 Å². The van der Waals surface area contributed by atoms with E-state index in [1.807, 2.05) is 0 Å². The number of aliphatic hydroxyl groups excluding tert-OH is 1. The minimum atomic E-state index is -1.73. The number of nitrogens with zero attached hydrogens (tertiary/aromatic N) is 2. The van der Waals surface area contributed by atoms with Crippen molar-refractivity contribution in [2.75, 3.05) is 6.61 Å². The molecule has 1 amide bonds. The summed E-state index contributed by atoms with van der Waals surface area (Å²) in [4.78, 5) is 52.4. The van der Waals surface area contributed by atoms with Crippen molar-refractivity contribution in [1.29, 1.82) is 0 Å². The predicted molar refractivity (Wildman–Crippen MR) is 157 cm³/mol. The highest BCUT2D eigenvalue weighted by Gasteiger charge is 2.59. The van der Waals surface area contributed by atoms with Crippen LogP contribution >= 0.6 is 0 Å². The number of ketones is 1. The van der Waals surface area contributed by atoms with Gasteiger partial charge in [-0.05, 0) is 98.5 Å². The van der Waals surface area contributed by atoms with Gasteiger partial charge in [0.05, 0.1) is 10.6 Å². The molecule has 8 atom stereocenters. The van der Waals surface area contributed by atoms with Crippen molar-refractivity contribution < 1.29 is 34.4 Å². The van der Waals surface area contributed by atoms with Gasteiger partial charge in [0.2, 0.25) is 0 Å². The van der Waals surface area contributed by atoms with Crippen LogP contribution in [0.2, 0.25) is 0 Å². The fourth-order valence-electron chi connectivity index (χ4n) is 8.99. The molecule has 11 heteroatoms. The van der Waals surface area contributed by atoms with E-state index in [9.17, 15) is 34.7 Å². The molecule has 232 valence electrons. The number of rotatable bonds is 9. The lowest BCUT2D eigenvalue weighted by Crippen LogP contribution is -2.51. The molecule has 1 aromatic rings. The van der Waals surface area contributed by atoms with E-state index in [-0.39, 0.29) is 28.0 Å². The molecule has 0 aliphatic heterocycles. The van der Waals surface area contributed by atoms with E-state index in [1.165, 1.54) is 23.8 Å². The largest absolute Gasteiger partial charge is 0.480 e. The standard InChI is InChI=1S/C32H41N3O8/c1-18(36)24-9-10-25-23-8-7-20-16-21(11-13-31(20,2)26(23)12-14-32(24,25)3)34-43-17-27(37)33-28(30(39)40)29(38)19-5-4-6-22(15-19)35(41)42/h4-6,15-16,23-26,28-29,38H,7-14,17H2,1-3H3,(H,33,37)(H,39,40)/t23-,24-,25+,26+,28-,29-,31-,32+/m0/s1. The van der Waals surface area contributed by atoms with Gasteiger partial charge in [-0.3, -0.25) is 19.7 Å².